The number of para-hydroxylation sites is 1. The maximum atomic E-state index is 12.3. The molecule has 0 spiro atoms. The molecule has 2 aromatic carbocycles. The first kappa shape index (κ1) is 21.4. The van der Waals surface area contributed by atoms with E-state index in [0.717, 1.165) is 5.56 Å². The molecule has 144 valence electrons. The molecule has 0 aromatic heterocycles. The maximum absolute atomic E-state index is 12.3. The predicted molar refractivity (Wildman–Crippen MR) is 113 cm³/mol. The van der Waals surface area contributed by atoms with E-state index in [1.165, 1.54) is 18.9 Å². The van der Waals surface area contributed by atoms with Gasteiger partial charge in [0.25, 0.3) is 0 Å². The molecule has 2 N–H and O–H groups in total. The number of thioether (sulfide) groups is 1. The largest absolute Gasteiger partial charge is 0.495 e. The normalized spacial score (nSPS) is 11.6. The molecule has 0 saturated carbocycles. The molecule has 0 aliphatic heterocycles. The van der Waals surface area contributed by atoms with Crippen molar-refractivity contribution < 1.29 is 14.3 Å². The molecule has 27 heavy (non-hydrogen) atoms. The number of carbonyl (C=O) groups is 2. The Morgan fingerprint density at radius 2 is 1.81 bits per heavy atom. The molecule has 0 radical (unpaired) electrons. The van der Waals surface area contributed by atoms with Gasteiger partial charge in [-0.3, -0.25) is 9.59 Å². The number of ether oxygens (including phenoxy) is 1. The minimum atomic E-state index is -0.430. The van der Waals surface area contributed by atoms with Crippen LogP contribution in [0.2, 0.25) is 10.0 Å². The first-order chi connectivity index (χ1) is 12.8. The number of rotatable bonds is 7. The van der Waals surface area contributed by atoms with Gasteiger partial charge in [0.15, 0.2) is 0 Å². The number of anilines is 2. The molecular formula is C19H20Cl2N2O3S. The van der Waals surface area contributed by atoms with Crippen molar-refractivity contribution in [3.63, 3.8) is 0 Å². The second-order valence-electron chi connectivity index (χ2n) is 5.77. The summed E-state index contributed by atoms with van der Waals surface area (Å²) in [6, 6.07) is 10.4. The number of hydrogen-bond donors (Lipinski definition) is 2. The highest BCUT2D eigenvalue weighted by molar-refractivity contribution is 8.01. The highest BCUT2D eigenvalue weighted by atomic mass is 35.5. The smallest absolute Gasteiger partial charge is 0.237 e. The zero-order chi connectivity index (χ0) is 20.0. The lowest BCUT2D eigenvalue weighted by Crippen LogP contribution is -2.25. The van der Waals surface area contributed by atoms with Crippen LogP contribution in [0, 0.1) is 6.92 Å². The molecule has 0 fully saturated rings. The standard InChI is InChI=1S/C19H20Cl2N2O3S/c1-11-8-16(17(26-3)9-14(11)21)22-18(24)10-27-12(2)19(25)23-15-7-5-4-6-13(15)20/h4-9,12H,10H2,1-3H3,(H,22,24)(H,23,25). The monoisotopic (exact) mass is 426 g/mol. The van der Waals surface area contributed by atoms with Crippen LogP contribution in [0.15, 0.2) is 36.4 Å². The number of aryl methyl sites for hydroxylation is 1. The fraction of sp³-hybridized carbons (Fsp3) is 0.263. The van der Waals surface area contributed by atoms with Crippen molar-refractivity contribution in [2.45, 2.75) is 19.1 Å². The maximum Gasteiger partial charge on any atom is 0.237 e. The fourth-order valence-corrected chi connectivity index (χ4v) is 3.21. The molecule has 0 saturated heterocycles. The zero-order valence-electron chi connectivity index (χ0n) is 15.1. The second-order valence-corrected chi connectivity index (χ2v) is 7.92. The van der Waals surface area contributed by atoms with Crippen LogP contribution in [-0.2, 0) is 9.59 Å². The first-order valence-electron chi connectivity index (χ1n) is 8.12. The molecule has 2 aromatic rings. The van der Waals surface area contributed by atoms with Crippen LogP contribution in [0.4, 0.5) is 11.4 Å². The van der Waals surface area contributed by atoms with Crippen LogP contribution in [0.1, 0.15) is 12.5 Å². The number of halogens is 2. The zero-order valence-corrected chi connectivity index (χ0v) is 17.5. The van der Waals surface area contributed by atoms with Gasteiger partial charge in [-0.15, -0.1) is 11.8 Å². The minimum Gasteiger partial charge on any atom is -0.495 e. The topological polar surface area (TPSA) is 67.4 Å². The van der Waals surface area contributed by atoms with Crippen LogP contribution < -0.4 is 15.4 Å². The first-order valence-corrected chi connectivity index (χ1v) is 9.93. The molecule has 2 amide bonds. The van der Waals surface area contributed by atoms with E-state index < -0.39 is 5.25 Å². The van der Waals surface area contributed by atoms with Crippen LogP contribution in [0.25, 0.3) is 0 Å². The van der Waals surface area contributed by atoms with Crippen LogP contribution >= 0.6 is 35.0 Å². The third kappa shape index (κ3) is 6.06. The van der Waals surface area contributed by atoms with Gasteiger partial charge in [0, 0.05) is 11.1 Å². The summed E-state index contributed by atoms with van der Waals surface area (Å²) in [6.45, 7) is 3.57. The van der Waals surface area contributed by atoms with Crippen molar-refractivity contribution in [3.05, 3.63) is 52.0 Å². The Morgan fingerprint density at radius 1 is 1.11 bits per heavy atom. The van der Waals surface area contributed by atoms with Gasteiger partial charge in [-0.25, -0.2) is 0 Å². The molecule has 0 heterocycles. The van der Waals surface area contributed by atoms with E-state index in [1.54, 1.807) is 43.3 Å². The van der Waals surface area contributed by atoms with E-state index in [0.29, 0.717) is 27.2 Å². The summed E-state index contributed by atoms with van der Waals surface area (Å²) in [5.74, 6) is 0.133. The van der Waals surface area contributed by atoms with Gasteiger partial charge in [0.05, 0.1) is 34.5 Å². The van der Waals surface area contributed by atoms with Crippen LogP contribution in [-0.4, -0.2) is 29.9 Å². The molecule has 1 atom stereocenters. The number of nitrogens with one attached hydrogen (secondary N) is 2. The quantitative estimate of drug-likeness (QED) is 0.652. The molecule has 0 aliphatic rings. The lowest BCUT2D eigenvalue weighted by Gasteiger charge is -2.14. The summed E-state index contributed by atoms with van der Waals surface area (Å²) in [4.78, 5) is 24.5. The number of hydrogen-bond acceptors (Lipinski definition) is 4. The van der Waals surface area contributed by atoms with E-state index in [2.05, 4.69) is 10.6 Å². The molecule has 0 aliphatic carbocycles. The van der Waals surface area contributed by atoms with Crippen molar-refractivity contribution in [3.8, 4) is 5.75 Å². The molecule has 8 heteroatoms. The highest BCUT2D eigenvalue weighted by Gasteiger charge is 2.17. The van der Waals surface area contributed by atoms with Gasteiger partial charge in [0.2, 0.25) is 11.8 Å². The van der Waals surface area contributed by atoms with Crippen molar-refractivity contribution in [1.82, 2.24) is 0 Å². The summed E-state index contributed by atoms with van der Waals surface area (Å²) >= 11 is 13.3. The molecule has 5 nitrogen and oxygen atoms in total. The van der Waals surface area contributed by atoms with Gasteiger partial charge in [0.1, 0.15) is 5.75 Å². The number of carbonyl (C=O) groups excluding carboxylic acids is 2. The Balaban J connectivity index is 1.90. The van der Waals surface area contributed by atoms with Crippen LogP contribution in [0.5, 0.6) is 5.75 Å². The lowest BCUT2D eigenvalue weighted by atomic mass is 10.2. The SMILES string of the molecule is COc1cc(Cl)c(C)cc1NC(=O)CSC(C)C(=O)Nc1ccccc1Cl. The van der Waals surface area contributed by atoms with Gasteiger partial charge in [-0.2, -0.15) is 0 Å². The minimum absolute atomic E-state index is 0.113. The van der Waals surface area contributed by atoms with Gasteiger partial charge in [-0.1, -0.05) is 35.3 Å². The third-order valence-corrected chi connectivity index (χ3v) is 5.60. The van der Waals surface area contributed by atoms with Crippen molar-refractivity contribution >= 4 is 58.2 Å². The molecule has 0 bridgehead atoms. The number of methoxy groups -OCH3 is 1. The number of amides is 2. The van der Waals surface area contributed by atoms with Gasteiger partial charge in [-0.05, 0) is 37.6 Å². The Bertz CT molecular complexity index is 846. The molecule has 1 unspecified atom stereocenters. The summed E-state index contributed by atoms with van der Waals surface area (Å²) in [7, 11) is 1.51. The van der Waals surface area contributed by atoms with E-state index in [9.17, 15) is 9.59 Å². The highest BCUT2D eigenvalue weighted by Crippen LogP contribution is 2.31. The molecular weight excluding hydrogens is 407 g/mol. The summed E-state index contributed by atoms with van der Waals surface area (Å²) in [5.41, 5.74) is 1.91. The fourth-order valence-electron chi connectivity index (χ4n) is 2.19. The number of benzene rings is 2. The predicted octanol–water partition coefficient (Wildman–Crippen LogP) is 5.01. The van der Waals surface area contributed by atoms with E-state index in [-0.39, 0.29) is 17.6 Å². The van der Waals surface area contributed by atoms with E-state index in [4.69, 9.17) is 27.9 Å². The van der Waals surface area contributed by atoms with Crippen molar-refractivity contribution in [2.75, 3.05) is 23.5 Å². The van der Waals surface area contributed by atoms with E-state index in [1.807, 2.05) is 6.92 Å². The lowest BCUT2D eigenvalue weighted by molar-refractivity contribution is -0.115. The summed E-state index contributed by atoms with van der Waals surface area (Å²) < 4.78 is 5.24. The van der Waals surface area contributed by atoms with Crippen molar-refractivity contribution in [1.29, 1.82) is 0 Å². The average Bonchev–Trinajstić information content (AvgIpc) is 2.64. The Kier molecular flexibility index (Phi) is 7.83. The van der Waals surface area contributed by atoms with Crippen LogP contribution in [0.3, 0.4) is 0 Å². The molecule has 2 rings (SSSR count). The van der Waals surface area contributed by atoms with E-state index >= 15 is 0 Å². The van der Waals surface area contributed by atoms with Gasteiger partial charge < -0.3 is 15.4 Å². The summed E-state index contributed by atoms with van der Waals surface area (Å²) in [6.07, 6.45) is 0. The third-order valence-electron chi connectivity index (χ3n) is 3.72. The van der Waals surface area contributed by atoms with Crippen molar-refractivity contribution in [2.24, 2.45) is 0 Å². The van der Waals surface area contributed by atoms with Gasteiger partial charge >= 0.3 is 0 Å². The Hall–Kier alpha value is -1.89. The Morgan fingerprint density at radius 3 is 2.48 bits per heavy atom. The average molecular weight is 427 g/mol. The summed E-state index contributed by atoms with van der Waals surface area (Å²) in [5, 5.41) is 6.14. The Labute approximate surface area is 172 Å². The second kappa shape index (κ2) is 9.88.